The molecular weight excluding hydrogens is 368 g/mol. The summed E-state index contributed by atoms with van der Waals surface area (Å²) >= 11 is 6.16. The Balaban J connectivity index is 1.53. The highest BCUT2D eigenvalue weighted by atomic mass is 35.5. The van der Waals surface area contributed by atoms with E-state index in [4.69, 9.17) is 20.8 Å². The molecule has 136 valence electrons. The predicted molar refractivity (Wildman–Crippen MR) is 102 cm³/mol. The number of fused-ring (bicyclic) bond motifs is 1. The molecule has 1 aliphatic heterocycles. The molecule has 0 saturated carbocycles. The van der Waals surface area contributed by atoms with Gasteiger partial charge in [-0.1, -0.05) is 23.7 Å². The zero-order chi connectivity index (χ0) is 19.0. The Morgan fingerprint density at radius 3 is 2.78 bits per heavy atom. The van der Waals surface area contributed by atoms with Crippen molar-refractivity contribution in [3.05, 3.63) is 65.4 Å². The van der Waals surface area contributed by atoms with Crippen LogP contribution in [-0.4, -0.2) is 17.9 Å². The summed E-state index contributed by atoms with van der Waals surface area (Å²) in [5.41, 5.74) is 1.72. The zero-order valence-electron chi connectivity index (χ0n) is 14.3. The number of hydrogen-bond donors (Lipinski definition) is 2. The number of nitrogens with one attached hydrogen (secondary N) is 2. The van der Waals surface area contributed by atoms with Gasteiger partial charge in [-0.25, -0.2) is 0 Å². The highest BCUT2D eigenvalue weighted by Crippen LogP contribution is 2.33. The van der Waals surface area contributed by atoms with Gasteiger partial charge in [0.25, 0.3) is 11.8 Å². The number of anilines is 2. The molecule has 2 aromatic carbocycles. The minimum absolute atomic E-state index is 0.150. The molecule has 2 heterocycles. The van der Waals surface area contributed by atoms with E-state index in [2.05, 4.69) is 10.6 Å². The normalized spacial score (nSPS) is 15.5. The predicted octanol–water partition coefficient (Wildman–Crippen LogP) is 4.57. The van der Waals surface area contributed by atoms with Crippen LogP contribution in [0.25, 0.3) is 11.3 Å². The van der Waals surface area contributed by atoms with Gasteiger partial charge in [-0.15, -0.1) is 0 Å². The average Bonchev–Trinajstić information content (AvgIpc) is 3.13. The van der Waals surface area contributed by atoms with Gasteiger partial charge in [0.1, 0.15) is 11.5 Å². The summed E-state index contributed by atoms with van der Waals surface area (Å²) in [6, 6.07) is 15.5. The molecule has 0 fully saturated rings. The Labute approximate surface area is 160 Å². The third kappa shape index (κ3) is 3.39. The molecule has 2 N–H and O–H groups in total. The van der Waals surface area contributed by atoms with Crippen LogP contribution in [0.3, 0.4) is 0 Å². The fourth-order valence-electron chi connectivity index (χ4n) is 2.74. The van der Waals surface area contributed by atoms with Crippen LogP contribution in [0.15, 0.2) is 59.0 Å². The summed E-state index contributed by atoms with van der Waals surface area (Å²) in [5.74, 6) is 0.563. The molecule has 6 nitrogen and oxygen atoms in total. The van der Waals surface area contributed by atoms with Crippen molar-refractivity contribution in [1.29, 1.82) is 0 Å². The smallest absolute Gasteiger partial charge is 0.291 e. The monoisotopic (exact) mass is 382 g/mol. The lowest BCUT2D eigenvalue weighted by molar-refractivity contribution is -0.122. The summed E-state index contributed by atoms with van der Waals surface area (Å²) in [5, 5.41) is 6.02. The number of hydrogen-bond acceptors (Lipinski definition) is 4. The SMILES string of the molecule is C[C@@H]1Oc2ccc(NC(=O)c3ccc(-c4ccccc4Cl)o3)cc2NC1=O. The van der Waals surface area contributed by atoms with Crippen molar-refractivity contribution in [3.8, 4) is 17.1 Å². The number of amides is 2. The number of carbonyl (C=O) groups is 2. The number of benzene rings is 2. The van der Waals surface area contributed by atoms with Crippen molar-refractivity contribution >= 4 is 34.8 Å². The van der Waals surface area contributed by atoms with E-state index in [-0.39, 0.29) is 11.7 Å². The highest BCUT2D eigenvalue weighted by molar-refractivity contribution is 6.33. The first-order valence-electron chi connectivity index (χ1n) is 8.29. The van der Waals surface area contributed by atoms with Crippen LogP contribution in [0.5, 0.6) is 5.75 Å². The third-order valence-electron chi connectivity index (χ3n) is 4.14. The molecular formula is C20H15ClN2O4. The van der Waals surface area contributed by atoms with Crippen LogP contribution in [0.2, 0.25) is 5.02 Å². The maximum absolute atomic E-state index is 12.5. The topological polar surface area (TPSA) is 80.6 Å². The highest BCUT2D eigenvalue weighted by Gasteiger charge is 2.24. The molecule has 0 radical (unpaired) electrons. The van der Waals surface area contributed by atoms with Gasteiger partial charge >= 0.3 is 0 Å². The molecule has 0 unspecified atom stereocenters. The number of halogens is 1. The number of ether oxygens (including phenoxy) is 1. The molecule has 1 aromatic heterocycles. The van der Waals surface area contributed by atoms with Gasteiger partial charge in [0, 0.05) is 11.3 Å². The molecule has 1 aliphatic rings. The second-order valence-corrected chi connectivity index (χ2v) is 6.47. The van der Waals surface area contributed by atoms with Gasteiger partial charge in [0.15, 0.2) is 11.9 Å². The van der Waals surface area contributed by atoms with Crippen LogP contribution in [-0.2, 0) is 4.79 Å². The van der Waals surface area contributed by atoms with Crippen molar-refractivity contribution in [3.63, 3.8) is 0 Å². The van der Waals surface area contributed by atoms with Crippen molar-refractivity contribution < 1.29 is 18.7 Å². The van der Waals surface area contributed by atoms with E-state index >= 15 is 0 Å². The largest absolute Gasteiger partial charge is 0.479 e. The van der Waals surface area contributed by atoms with Gasteiger partial charge in [-0.3, -0.25) is 9.59 Å². The summed E-state index contributed by atoms with van der Waals surface area (Å²) in [6.45, 7) is 1.67. The van der Waals surface area contributed by atoms with Crippen LogP contribution < -0.4 is 15.4 Å². The van der Waals surface area contributed by atoms with E-state index < -0.39 is 12.0 Å². The van der Waals surface area contributed by atoms with Crippen molar-refractivity contribution in [1.82, 2.24) is 0 Å². The van der Waals surface area contributed by atoms with Crippen molar-refractivity contribution in [2.45, 2.75) is 13.0 Å². The van der Waals surface area contributed by atoms with Gasteiger partial charge < -0.3 is 19.8 Å². The maximum Gasteiger partial charge on any atom is 0.291 e. The van der Waals surface area contributed by atoms with Crippen molar-refractivity contribution in [2.24, 2.45) is 0 Å². The number of carbonyl (C=O) groups excluding carboxylic acids is 2. The minimum Gasteiger partial charge on any atom is -0.479 e. The molecule has 2 amide bonds. The number of rotatable bonds is 3. The minimum atomic E-state index is -0.552. The molecule has 0 saturated heterocycles. The third-order valence-corrected chi connectivity index (χ3v) is 4.47. The molecule has 3 aromatic rings. The molecule has 1 atom stereocenters. The van der Waals surface area contributed by atoms with E-state index in [0.29, 0.717) is 33.5 Å². The Bertz CT molecular complexity index is 1040. The standard InChI is InChI=1S/C20H15ClN2O4/c1-11-19(24)23-15-10-12(6-7-17(15)26-11)22-20(25)18-9-8-16(27-18)13-4-2-3-5-14(13)21/h2-11H,1H3,(H,22,25)(H,23,24)/t11-/m0/s1. The molecule has 7 heteroatoms. The average molecular weight is 383 g/mol. The van der Waals surface area contributed by atoms with Crippen LogP contribution in [0, 0.1) is 0 Å². The first-order chi connectivity index (χ1) is 13.0. The zero-order valence-corrected chi connectivity index (χ0v) is 15.0. The lowest BCUT2D eigenvalue weighted by atomic mass is 10.2. The molecule has 0 aliphatic carbocycles. The Morgan fingerprint density at radius 1 is 1.15 bits per heavy atom. The summed E-state index contributed by atoms with van der Waals surface area (Å²) < 4.78 is 11.1. The van der Waals surface area contributed by atoms with E-state index in [9.17, 15) is 9.59 Å². The fraction of sp³-hybridized carbons (Fsp3) is 0.100. The van der Waals surface area contributed by atoms with Crippen LogP contribution >= 0.6 is 11.6 Å². The second-order valence-electron chi connectivity index (χ2n) is 6.06. The van der Waals surface area contributed by atoms with Gasteiger partial charge in [-0.05, 0) is 49.4 Å². The quantitative estimate of drug-likeness (QED) is 0.695. The number of furan rings is 1. The Hall–Kier alpha value is -3.25. The van der Waals surface area contributed by atoms with E-state index in [1.54, 1.807) is 43.3 Å². The second kappa shape index (κ2) is 6.81. The van der Waals surface area contributed by atoms with Gasteiger partial charge in [-0.2, -0.15) is 0 Å². The fourth-order valence-corrected chi connectivity index (χ4v) is 2.97. The van der Waals surface area contributed by atoms with Gasteiger partial charge in [0.05, 0.1) is 10.7 Å². The first-order valence-corrected chi connectivity index (χ1v) is 8.67. The molecule has 27 heavy (non-hydrogen) atoms. The van der Waals surface area contributed by atoms with E-state index in [0.717, 1.165) is 0 Å². The Kier molecular flexibility index (Phi) is 4.33. The lowest BCUT2D eigenvalue weighted by Gasteiger charge is -2.23. The first kappa shape index (κ1) is 17.2. The summed E-state index contributed by atoms with van der Waals surface area (Å²) in [4.78, 5) is 24.2. The lowest BCUT2D eigenvalue weighted by Crippen LogP contribution is -2.34. The molecule has 0 bridgehead atoms. The molecule has 0 spiro atoms. The van der Waals surface area contributed by atoms with Crippen LogP contribution in [0.4, 0.5) is 11.4 Å². The maximum atomic E-state index is 12.5. The van der Waals surface area contributed by atoms with Gasteiger partial charge in [0.2, 0.25) is 0 Å². The Morgan fingerprint density at radius 2 is 1.96 bits per heavy atom. The summed E-state index contributed by atoms with van der Waals surface area (Å²) in [7, 11) is 0. The summed E-state index contributed by atoms with van der Waals surface area (Å²) in [6.07, 6.45) is -0.552. The van der Waals surface area contributed by atoms with Crippen molar-refractivity contribution in [2.75, 3.05) is 10.6 Å². The van der Waals surface area contributed by atoms with Crippen LogP contribution in [0.1, 0.15) is 17.5 Å². The van der Waals surface area contributed by atoms with E-state index in [1.165, 1.54) is 0 Å². The molecule has 4 rings (SSSR count). The van der Waals surface area contributed by atoms with E-state index in [1.807, 2.05) is 18.2 Å².